The van der Waals surface area contributed by atoms with Crippen molar-refractivity contribution in [1.82, 2.24) is 0 Å². The summed E-state index contributed by atoms with van der Waals surface area (Å²) >= 11 is 0. The van der Waals surface area contributed by atoms with Gasteiger partial charge in [-0.2, -0.15) is 0 Å². The minimum atomic E-state index is -0.907. The maximum Gasteiger partial charge on any atom is 0.331 e. The topological polar surface area (TPSA) is 55.8 Å². The Morgan fingerprint density at radius 3 is 2.53 bits per heavy atom. The number of methoxy groups -OCH3 is 1. The van der Waals surface area contributed by atoms with E-state index in [-0.39, 0.29) is 5.60 Å². The summed E-state index contributed by atoms with van der Waals surface area (Å²) in [5, 5.41) is 8.56. The molecule has 0 saturated heterocycles. The summed E-state index contributed by atoms with van der Waals surface area (Å²) < 4.78 is 10.5. The maximum absolute atomic E-state index is 10.4. The Kier molecular flexibility index (Phi) is 6.20. The largest absolute Gasteiger partial charge is 0.478 e. The quantitative estimate of drug-likeness (QED) is 0.521. The van der Waals surface area contributed by atoms with Crippen molar-refractivity contribution >= 4 is 5.97 Å². The highest BCUT2D eigenvalue weighted by molar-refractivity contribution is 5.85. The molecule has 0 bridgehead atoms. The highest BCUT2D eigenvalue weighted by atomic mass is 16.5. The van der Waals surface area contributed by atoms with Crippen LogP contribution in [-0.2, 0) is 14.3 Å². The highest BCUT2D eigenvalue weighted by Gasteiger charge is 2.15. The summed E-state index contributed by atoms with van der Waals surface area (Å²) in [6.07, 6.45) is 2.34. The van der Waals surface area contributed by atoms with Crippen LogP contribution in [0.3, 0.4) is 0 Å². The Morgan fingerprint density at radius 1 is 1.47 bits per heavy atom. The molecule has 0 aliphatic rings. The van der Waals surface area contributed by atoms with Crippen LogP contribution in [0, 0.1) is 0 Å². The average molecular weight is 216 g/mol. The second-order valence-corrected chi connectivity index (χ2v) is 3.98. The molecule has 0 atom stereocenters. The third-order valence-corrected chi connectivity index (χ3v) is 2.25. The van der Waals surface area contributed by atoms with Gasteiger partial charge in [-0.15, -0.1) is 0 Å². The number of carboxylic acid groups (broad SMARTS) is 1. The lowest BCUT2D eigenvalue weighted by atomic mass is 10.1. The van der Waals surface area contributed by atoms with E-state index < -0.39 is 5.97 Å². The summed E-state index contributed by atoms with van der Waals surface area (Å²) in [5.41, 5.74) is 0.118. The molecule has 0 spiro atoms. The zero-order chi connectivity index (χ0) is 11.9. The molecule has 0 radical (unpaired) electrons. The lowest BCUT2D eigenvalue weighted by molar-refractivity contribution is -0.132. The summed E-state index contributed by atoms with van der Waals surface area (Å²) in [6, 6.07) is 0. The number of hydrogen-bond donors (Lipinski definition) is 1. The second-order valence-electron chi connectivity index (χ2n) is 3.98. The Hall–Kier alpha value is -0.870. The van der Waals surface area contributed by atoms with E-state index >= 15 is 0 Å². The molecular formula is C11H20O4. The van der Waals surface area contributed by atoms with Crippen molar-refractivity contribution < 1.29 is 19.4 Å². The lowest BCUT2D eigenvalue weighted by Gasteiger charge is -2.22. The van der Waals surface area contributed by atoms with Gasteiger partial charge in [0.15, 0.2) is 0 Å². The number of hydrogen-bond acceptors (Lipinski definition) is 3. The molecule has 15 heavy (non-hydrogen) atoms. The summed E-state index contributed by atoms with van der Waals surface area (Å²) in [4.78, 5) is 10.4. The van der Waals surface area contributed by atoms with Crippen molar-refractivity contribution in [2.75, 3.05) is 20.3 Å². The number of rotatable bonds is 7. The van der Waals surface area contributed by atoms with E-state index in [0.717, 1.165) is 6.42 Å². The van der Waals surface area contributed by atoms with Gasteiger partial charge in [0.25, 0.3) is 0 Å². The van der Waals surface area contributed by atoms with Crippen molar-refractivity contribution in [1.29, 1.82) is 0 Å². The van der Waals surface area contributed by atoms with E-state index in [1.165, 1.54) is 0 Å². The zero-order valence-electron chi connectivity index (χ0n) is 9.87. The molecule has 0 heterocycles. The molecule has 1 N–H and O–H groups in total. The smallest absolute Gasteiger partial charge is 0.331 e. The third-order valence-electron chi connectivity index (χ3n) is 2.25. The first-order valence-corrected chi connectivity index (χ1v) is 4.92. The van der Waals surface area contributed by atoms with Gasteiger partial charge in [0.2, 0.25) is 0 Å². The number of aliphatic carboxylic acids is 1. The minimum absolute atomic E-state index is 0.189. The molecule has 0 aromatic heterocycles. The minimum Gasteiger partial charge on any atom is -0.478 e. The number of ether oxygens (including phenoxy) is 2. The van der Waals surface area contributed by atoms with Gasteiger partial charge in [0.05, 0.1) is 12.2 Å². The molecule has 4 heteroatoms. The van der Waals surface area contributed by atoms with Crippen LogP contribution in [0.1, 0.15) is 27.2 Å². The monoisotopic (exact) mass is 216 g/mol. The van der Waals surface area contributed by atoms with Gasteiger partial charge >= 0.3 is 5.97 Å². The summed E-state index contributed by atoms with van der Waals surface area (Å²) in [6.45, 7) is 6.40. The third kappa shape index (κ3) is 7.11. The van der Waals surface area contributed by atoms with Gasteiger partial charge in [-0.3, -0.25) is 0 Å². The van der Waals surface area contributed by atoms with Crippen LogP contribution in [-0.4, -0.2) is 37.0 Å². The second kappa shape index (κ2) is 6.58. The average Bonchev–Trinajstić information content (AvgIpc) is 2.16. The fourth-order valence-electron chi connectivity index (χ4n) is 0.775. The first-order chi connectivity index (χ1) is 6.89. The van der Waals surface area contributed by atoms with Crippen molar-refractivity contribution in [2.45, 2.75) is 32.8 Å². The van der Waals surface area contributed by atoms with Gasteiger partial charge in [0, 0.05) is 19.3 Å². The molecule has 0 rings (SSSR count). The Morgan fingerprint density at radius 2 is 2.07 bits per heavy atom. The van der Waals surface area contributed by atoms with E-state index in [1.54, 1.807) is 20.1 Å². The first-order valence-electron chi connectivity index (χ1n) is 4.92. The zero-order valence-corrected chi connectivity index (χ0v) is 9.87. The van der Waals surface area contributed by atoms with Crippen LogP contribution in [0.5, 0.6) is 0 Å². The van der Waals surface area contributed by atoms with Crippen LogP contribution in [0.2, 0.25) is 0 Å². The molecule has 0 aromatic carbocycles. The molecule has 0 unspecified atom stereocenters. The van der Waals surface area contributed by atoms with Crippen LogP contribution in [0.4, 0.5) is 0 Å². The van der Waals surface area contributed by atoms with E-state index in [9.17, 15) is 4.79 Å². The highest BCUT2D eigenvalue weighted by Crippen LogP contribution is 2.12. The molecule has 0 aliphatic carbocycles. The summed E-state index contributed by atoms with van der Waals surface area (Å²) in [5.74, 6) is -0.907. The fraction of sp³-hybridized carbons (Fsp3) is 0.727. The van der Waals surface area contributed by atoms with Gasteiger partial charge in [-0.25, -0.2) is 4.79 Å². The van der Waals surface area contributed by atoms with Crippen LogP contribution in [0.25, 0.3) is 0 Å². The van der Waals surface area contributed by atoms with E-state index in [1.807, 2.05) is 13.8 Å². The van der Waals surface area contributed by atoms with Crippen LogP contribution in [0.15, 0.2) is 11.6 Å². The lowest BCUT2D eigenvalue weighted by Crippen LogP contribution is -2.24. The normalized spacial score (nSPS) is 12.9. The molecular weight excluding hydrogens is 196 g/mol. The number of carbonyl (C=O) groups is 1. The van der Waals surface area contributed by atoms with Crippen molar-refractivity contribution in [3.8, 4) is 0 Å². The molecule has 4 nitrogen and oxygen atoms in total. The predicted octanol–water partition coefficient (Wildman–Crippen LogP) is 1.85. The molecule has 0 fully saturated rings. The van der Waals surface area contributed by atoms with Crippen molar-refractivity contribution in [2.24, 2.45) is 0 Å². The standard InChI is InChI=1S/C11H20O4/c1-9(10(12)13)5-7-15-8-6-11(2,3)14-4/h5H,6-8H2,1-4H3,(H,12,13)/b9-5-. The van der Waals surface area contributed by atoms with Gasteiger partial charge in [-0.1, -0.05) is 0 Å². The van der Waals surface area contributed by atoms with Gasteiger partial charge < -0.3 is 14.6 Å². The molecule has 0 saturated carbocycles. The van der Waals surface area contributed by atoms with Crippen LogP contribution < -0.4 is 0 Å². The SMILES string of the molecule is COC(C)(C)CCOC/C=C(/C)C(=O)O. The Bertz CT molecular complexity index is 231. The van der Waals surface area contributed by atoms with Crippen molar-refractivity contribution in [3.05, 3.63) is 11.6 Å². The molecule has 0 aliphatic heterocycles. The van der Waals surface area contributed by atoms with Crippen LogP contribution >= 0.6 is 0 Å². The Labute approximate surface area is 90.9 Å². The summed E-state index contributed by atoms with van der Waals surface area (Å²) in [7, 11) is 1.66. The maximum atomic E-state index is 10.4. The first kappa shape index (κ1) is 14.1. The van der Waals surface area contributed by atoms with E-state index in [4.69, 9.17) is 14.6 Å². The fourth-order valence-corrected chi connectivity index (χ4v) is 0.775. The number of carboxylic acids is 1. The predicted molar refractivity (Wildman–Crippen MR) is 57.9 cm³/mol. The van der Waals surface area contributed by atoms with Gasteiger partial charge in [-0.05, 0) is 33.3 Å². The van der Waals surface area contributed by atoms with Crippen molar-refractivity contribution in [3.63, 3.8) is 0 Å². The van der Waals surface area contributed by atoms with Gasteiger partial charge in [0.1, 0.15) is 0 Å². The molecule has 0 aromatic rings. The van der Waals surface area contributed by atoms with E-state index in [2.05, 4.69) is 0 Å². The molecule has 88 valence electrons. The Balaban J connectivity index is 3.65. The molecule has 0 amide bonds. The van der Waals surface area contributed by atoms with E-state index in [0.29, 0.717) is 18.8 Å².